The van der Waals surface area contributed by atoms with Crippen LogP contribution in [0.5, 0.6) is 11.6 Å². The number of benzene rings is 1. The Labute approximate surface area is 138 Å². The van der Waals surface area contributed by atoms with E-state index in [0.29, 0.717) is 11.3 Å². The summed E-state index contributed by atoms with van der Waals surface area (Å²) in [5.41, 5.74) is 1.25. The summed E-state index contributed by atoms with van der Waals surface area (Å²) in [6.07, 6.45) is 7.43. The summed E-state index contributed by atoms with van der Waals surface area (Å²) in [5.74, 6) is -3.47. The second-order valence-corrected chi connectivity index (χ2v) is 5.75. The highest BCUT2D eigenvalue weighted by atomic mass is 19.3. The molecule has 24 heavy (non-hydrogen) atoms. The molecule has 1 aromatic heterocycles. The monoisotopic (exact) mass is 332 g/mol. The van der Waals surface area contributed by atoms with Gasteiger partial charge in [0.15, 0.2) is 5.69 Å². The maximum Gasteiger partial charge on any atom is 0.295 e. The molecule has 1 aromatic carbocycles. The van der Waals surface area contributed by atoms with Gasteiger partial charge in [0.2, 0.25) is 5.88 Å². The van der Waals surface area contributed by atoms with Crippen molar-refractivity contribution < 1.29 is 18.6 Å². The van der Waals surface area contributed by atoms with Gasteiger partial charge in [-0.2, -0.15) is 8.78 Å². The minimum Gasteiger partial charge on any atom is -0.497 e. The first-order chi connectivity index (χ1) is 11.5. The Morgan fingerprint density at radius 2 is 2.04 bits per heavy atom. The lowest BCUT2D eigenvalue weighted by molar-refractivity contribution is -0.0191. The minimum atomic E-state index is -3.25. The molecule has 3 rings (SSSR count). The molecule has 0 radical (unpaired) electrons. The van der Waals surface area contributed by atoms with Crippen LogP contribution < -0.4 is 4.74 Å². The smallest absolute Gasteiger partial charge is 0.295 e. The zero-order valence-electron chi connectivity index (χ0n) is 13.3. The highest BCUT2D eigenvalue weighted by molar-refractivity contribution is 5.76. The molecular formula is C18H18F2N2O2. The van der Waals surface area contributed by atoms with Crippen LogP contribution in [0.2, 0.25) is 0 Å². The maximum atomic E-state index is 14.4. The fourth-order valence-corrected chi connectivity index (χ4v) is 2.32. The molecule has 6 heteroatoms. The quantitative estimate of drug-likeness (QED) is 0.846. The van der Waals surface area contributed by atoms with Gasteiger partial charge in [0.1, 0.15) is 5.75 Å². The Morgan fingerprint density at radius 3 is 2.75 bits per heavy atom. The first-order valence-electron chi connectivity index (χ1n) is 7.77. The number of allylic oxidation sites excluding steroid dienone is 4. The molecule has 4 nitrogen and oxygen atoms in total. The lowest BCUT2D eigenvalue weighted by atomic mass is 10.1. The molecule has 0 spiro atoms. The van der Waals surface area contributed by atoms with Crippen LogP contribution in [0.4, 0.5) is 8.78 Å². The molecule has 1 saturated carbocycles. The van der Waals surface area contributed by atoms with Gasteiger partial charge in [0.25, 0.3) is 5.92 Å². The van der Waals surface area contributed by atoms with Gasteiger partial charge < -0.3 is 9.84 Å². The van der Waals surface area contributed by atoms with Crippen LogP contribution >= 0.6 is 0 Å². The van der Waals surface area contributed by atoms with Crippen LogP contribution in [0.3, 0.4) is 0 Å². The second-order valence-electron chi connectivity index (χ2n) is 5.75. The Hall–Kier alpha value is -2.50. The maximum absolute atomic E-state index is 14.4. The fraction of sp³-hybridized carbons (Fsp3) is 0.333. The van der Waals surface area contributed by atoms with Crippen molar-refractivity contribution in [2.45, 2.75) is 31.6 Å². The predicted octanol–water partition coefficient (Wildman–Crippen LogP) is 4.49. The van der Waals surface area contributed by atoms with Gasteiger partial charge in [-0.05, 0) is 31.4 Å². The van der Waals surface area contributed by atoms with Gasteiger partial charge in [-0.15, -0.1) is 0 Å². The number of nitrogens with zero attached hydrogens (tertiary/aromatic N) is 2. The summed E-state index contributed by atoms with van der Waals surface area (Å²) in [4.78, 5) is 7.74. The molecule has 0 unspecified atom stereocenters. The summed E-state index contributed by atoms with van der Waals surface area (Å²) in [6.45, 7) is 0. The van der Waals surface area contributed by atoms with Crippen molar-refractivity contribution in [3.05, 3.63) is 47.7 Å². The molecule has 126 valence electrons. The number of aromatic nitrogens is 2. The molecule has 1 aliphatic carbocycles. The molecule has 0 amide bonds. The van der Waals surface area contributed by atoms with Crippen molar-refractivity contribution in [1.82, 2.24) is 9.97 Å². The topological polar surface area (TPSA) is 55.2 Å². The van der Waals surface area contributed by atoms with Gasteiger partial charge in [-0.3, -0.25) is 0 Å². The zero-order valence-corrected chi connectivity index (χ0v) is 13.3. The average Bonchev–Trinajstić information content (AvgIpc) is 3.37. The van der Waals surface area contributed by atoms with E-state index in [0.717, 1.165) is 12.8 Å². The van der Waals surface area contributed by atoms with E-state index in [4.69, 9.17) is 4.74 Å². The van der Waals surface area contributed by atoms with E-state index in [1.54, 1.807) is 24.3 Å². The number of rotatable bonds is 6. The number of ether oxygens (including phenoxy) is 1. The van der Waals surface area contributed by atoms with Crippen LogP contribution in [0, 0.1) is 0 Å². The first-order valence-corrected chi connectivity index (χ1v) is 7.77. The van der Waals surface area contributed by atoms with E-state index in [2.05, 4.69) is 9.97 Å². The third kappa shape index (κ3) is 3.69. The van der Waals surface area contributed by atoms with Crippen molar-refractivity contribution >= 4 is 11.0 Å². The van der Waals surface area contributed by atoms with Crippen molar-refractivity contribution in [3.63, 3.8) is 0 Å². The molecule has 1 aliphatic rings. The minimum absolute atomic E-state index is 0.193. The first kappa shape index (κ1) is 16.4. The van der Waals surface area contributed by atoms with Crippen molar-refractivity contribution in [1.29, 1.82) is 0 Å². The number of alkyl halides is 2. The number of hydrogen-bond donors (Lipinski definition) is 1. The Balaban J connectivity index is 1.79. The van der Waals surface area contributed by atoms with E-state index in [9.17, 15) is 13.9 Å². The van der Waals surface area contributed by atoms with Crippen LogP contribution in [0.25, 0.3) is 11.0 Å². The van der Waals surface area contributed by atoms with Crippen LogP contribution in [-0.2, 0) is 5.92 Å². The molecule has 0 saturated heterocycles. The molecular weight excluding hydrogens is 314 g/mol. The molecule has 0 bridgehead atoms. The van der Waals surface area contributed by atoms with Gasteiger partial charge in [0, 0.05) is 12.5 Å². The highest BCUT2D eigenvalue weighted by Crippen LogP contribution is 2.37. The number of hydrogen-bond acceptors (Lipinski definition) is 4. The van der Waals surface area contributed by atoms with E-state index in [-0.39, 0.29) is 11.9 Å². The lowest BCUT2D eigenvalue weighted by Gasteiger charge is -2.16. The van der Waals surface area contributed by atoms with Gasteiger partial charge in [0.05, 0.1) is 18.1 Å². The van der Waals surface area contributed by atoms with E-state index < -0.39 is 23.9 Å². The van der Waals surface area contributed by atoms with Crippen LogP contribution in [0.1, 0.15) is 31.4 Å². The van der Waals surface area contributed by atoms with Crippen molar-refractivity contribution in [2.24, 2.45) is 0 Å². The number of fused-ring (bicyclic) bond motifs is 1. The normalized spacial score (nSPS) is 14.4. The van der Waals surface area contributed by atoms with Gasteiger partial charge in [-0.25, -0.2) is 9.97 Å². The molecule has 0 atom stereocenters. The second kappa shape index (κ2) is 6.55. The van der Waals surface area contributed by atoms with Crippen molar-refractivity contribution in [2.75, 3.05) is 7.11 Å². The van der Waals surface area contributed by atoms with Crippen LogP contribution in [0.15, 0.2) is 42.0 Å². The largest absolute Gasteiger partial charge is 0.497 e. The van der Waals surface area contributed by atoms with E-state index in [1.165, 1.54) is 18.7 Å². The third-order valence-electron chi connectivity index (χ3n) is 3.83. The van der Waals surface area contributed by atoms with Crippen LogP contribution in [-0.4, -0.2) is 22.2 Å². The zero-order chi connectivity index (χ0) is 17.2. The van der Waals surface area contributed by atoms with E-state index in [1.807, 2.05) is 6.08 Å². The molecule has 1 heterocycles. The molecule has 0 aliphatic heterocycles. The molecule has 1 N–H and O–H groups in total. The number of methoxy groups -OCH3 is 1. The highest BCUT2D eigenvalue weighted by Gasteiger charge is 2.36. The standard InChI is InChI=1S/C18H18F2N2O2/c1-24-13-8-9-14-15(11-13)22-17(23)16(21-14)18(19,20)10-4-2-3-5-12-6-7-12/h2-3,5,8-9,11H,4,6-7,10H2,1H3,(H,22,23)/b3-2+. The average molecular weight is 332 g/mol. The SMILES string of the molecule is COc1ccc2nc(C(F)(F)CC/C=C/C=C3CC3)c(O)nc2c1. The Morgan fingerprint density at radius 1 is 1.25 bits per heavy atom. The summed E-state index contributed by atoms with van der Waals surface area (Å²) in [7, 11) is 1.49. The van der Waals surface area contributed by atoms with Gasteiger partial charge in [-0.1, -0.05) is 23.8 Å². The molecule has 2 aromatic rings. The van der Waals surface area contributed by atoms with E-state index >= 15 is 0 Å². The van der Waals surface area contributed by atoms with Gasteiger partial charge >= 0.3 is 0 Å². The molecule has 1 fully saturated rings. The van der Waals surface area contributed by atoms with Crippen molar-refractivity contribution in [3.8, 4) is 11.6 Å². The third-order valence-corrected chi connectivity index (χ3v) is 3.83. The summed E-state index contributed by atoms with van der Waals surface area (Å²) in [5, 5.41) is 9.87. The fourth-order valence-electron chi connectivity index (χ4n) is 2.32. The summed E-state index contributed by atoms with van der Waals surface area (Å²) < 4.78 is 33.8. The summed E-state index contributed by atoms with van der Waals surface area (Å²) in [6, 6.07) is 4.70. The lowest BCUT2D eigenvalue weighted by Crippen LogP contribution is -2.16. The number of aromatic hydroxyl groups is 1. The Kier molecular flexibility index (Phi) is 4.46. The Bertz CT molecular complexity index is 810. The number of halogens is 2. The summed E-state index contributed by atoms with van der Waals surface area (Å²) >= 11 is 0. The predicted molar refractivity (Wildman–Crippen MR) is 87.3 cm³/mol.